The molecule has 6 nitrogen and oxygen atoms in total. The van der Waals surface area contributed by atoms with E-state index < -0.39 is 12.0 Å². The van der Waals surface area contributed by atoms with Crippen LogP contribution in [-0.4, -0.2) is 39.9 Å². The van der Waals surface area contributed by atoms with E-state index in [-0.39, 0.29) is 30.4 Å². The number of carbonyl (C=O) groups excluding carboxylic acids is 1. The van der Waals surface area contributed by atoms with Gasteiger partial charge < -0.3 is 15.4 Å². The van der Waals surface area contributed by atoms with E-state index in [1.54, 1.807) is 25.2 Å². The van der Waals surface area contributed by atoms with Gasteiger partial charge in [0.05, 0.1) is 24.4 Å². The van der Waals surface area contributed by atoms with Crippen molar-refractivity contribution in [3.63, 3.8) is 0 Å². The maximum atomic E-state index is 13.8. The van der Waals surface area contributed by atoms with Gasteiger partial charge in [-0.3, -0.25) is 9.59 Å². The Morgan fingerprint density at radius 2 is 2.04 bits per heavy atom. The fourth-order valence-electron chi connectivity index (χ4n) is 2.50. The normalized spacial score (nSPS) is 13.5. The van der Waals surface area contributed by atoms with Gasteiger partial charge in [0.25, 0.3) is 0 Å². The van der Waals surface area contributed by atoms with E-state index in [2.05, 4.69) is 15.3 Å². The van der Waals surface area contributed by atoms with E-state index in [4.69, 9.17) is 5.11 Å². The number of ketones is 1. The van der Waals surface area contributed by atoms with Gasteiger partial charge in [-0.05, 0) is 19.2 Å². The van der Waals surface area contributed by atoms with Gasteiger partial charge in [0.15, 0.2) is 5.78 Å². The Balaban J connectivity index is 2.08. The summed E-state index contributed by atoms with van der Waals surface area (Å²) in [5.41, 5.74) is 0.951. The molecule has 3 N–H and O–H groups in total. The number of imidazole rings is 1. The van der Waals surface area contributed by atoms with Crippen LogP contribution in [0.3, 0.4) is 0 Å². The Morgan fingerprint density at radius 3 is 2.67 bits per heavy atom. The van der Waals surface area contributed by atoms with Crippen molar-refractivity contribution < 1.29 is 19.1 Å². The molecule has 0 radical (unpaired) electrons. The van der Waals surface area contributed by atoms with Crippen LogP contribution < -0.4 is 5.32 Å². The lowest BCUT2D eigenvalue weighted by atomic mass is 9.98. The number of benzene rings is 1. The van der Waals surface area contributed by atoms with Crippen molar-refractivity contribution in [3.05, 3.63) is 42.1 Å². The first-order chi connectivity index (χ1) is 11.4. The molecule has 128 valence electrons. The quantitative estimate of drug-likeness (QED) is 0.689. The lowest BCUT2D eigenvalue weighted by Gasteiger charge is -2.15. The average molecular weight is 333 g/mol. The number of likely N-dealkylation sites (N-methyl/N-ethyl adjacent to an activating group) is 1. The molecule has 7 heteroatoms. The molecule has 0 aliphatic carbocycles. The SMILES string of the molecule is CN[C@@H](CC(=O)O)C(=O)C[C@@H](C)c1ncc(-c2ccccc2F)[nH]1. The molecule has 24 heavy (non-hydrogen) atoms. The third-order valence-electron chi connectivity index (χ3n) is 3.85. The van der Waals surface area contributed by atoms with E-state index in [1.165, 1.54) is 12.3 Å². The first-order valence-corrected chi connectivity index (χ1v) is 7.64. The molecule has 0 aliphatic rings. The van der Waals surface area contributed by atoms with Gasteiger partial charge in [0.2, 0.25) is 0 Å². The van der Waals surface area contributed by atoms with Crippen molar-refractivity contribution in [2.45, 2.75) is 31.7 Å². The number of aliphatic carboxylic acids is 1. The number of carboxylic acids is 1. The minimum Gasteiger partial charge on any atom is -0.481 e. The first kappa shape index (κ1) is 17.8. The van der Waals surface area contributed by atoms with E-state index >= 15 is 0 Å². The smallest absolute Gasteiger partial charge is 0.305 e. The minimum absolute atomic E-state index is 0.142. The summed E-state index contributed by atoms with van der Waals surface area (Å²) in [5, 5.41) is 11.5. The molecule has 2 rings (SSSR count). The van der Waals surface area contributed by atoms with Gasteiger partial charge in [-0.25, -0.2) is 9.37 Å². The lowest BCUT2D eigenvalue weighted by molar-refractivity contribution is -0.139. The molecule has 2 aromatic rings. The minimum atomic E-state index is -1.03. The summed E-state index contributed by atoms with van der Waals surface area (Å²) >= 11 is 0. The highest BCUT2D eigenvalue weighted by molar-refractivity contribution is 5.88. The van der Waals surface area contributed by atoms with Crippen molar-refractivity contribution in [3.8, 4) is 11.3 Å². The Hall–Kier alpha value is -2.54. The number of nitrogens with one attached hydrogen (secondary N) is 2. The van der Waals surface area contributed by atoms with Crippen molar-refractivity contribution in [1.82, 2.24) is 15.3 Å². The van der Waals surface area contributed by atoms with E-state index in [9.17, 15) is 14.0 Å². The lowest BCUT2D eigenvalue weighted by Crippen LogP contribution is -2.36. The zero-order valence-electron chi connectivity index (χ0n) is 13.5. The van der Waals surface area contributed by atoms with E-state index in [1.807, 2.05) is 6.92 Å². The number of hydrogen-bond acceptors (Lipinski definition) is 4. The zero-order valence-corrected chi connectivity index (χ0v) is 13.5. The van der Waals surface area contributed by atoms with Crippen LogP contribution in [0.25, 0.3) is 11.3 Å². The molecule has 0 saturated carbocycles. The number of nitrogens with zero attached hydrogens (tertiary/aromatic N) is 1. The summed E-state index contributed by atoms with van der Waals surface area (Å²) in [7, 11) is 1.55. The molecule has 0 fully saturated rings. The van der Waals surface area contributed by atoms with Gasteiger partial charge in [0.1, 0.15) is 11.6 Å². The summed E-state index contributed by atoms with van der Waals surface area (Å²) in [6.45, 7) is 1.81. The van der Waals surface area contributed by atoms with Crippen LogP contribution >= 0.6 is 0 Å². The Kier molecular flexibility index (Phi) is 5.81. The number of carbonyl (C=O) groups is 2. The number of aromatic amines is 1. The first-order valence-electron chi connectivity index (χ1n) is 7.64. The largest absolute Gasteiger partial charge is 0.481 e. The van der Waals surface area contributed by atoms with E-state index in [0.717, 1.165) is 0 Å². The van der Waals surface area contributed by atoms with Gasteiger partial charge >= 0.3 is 5.97 Å². The summed E-state index contributed by atoms with van der Waals surface area (Å²) in [5.74, 6) is -1.26. The fourth-order valence-corrected chi connectivity index (χ4v) is 2.50. The molecular formula is C17H20FN3O3. The molecule has 0 amide bonds. The van der Waals surface area contributed by atoms with Gasteiger partial charge in [-0.15, -0.1) is 0 Å². The summed E-state index contributed by atoms with van der Waals surface area (Å²) in [6, 6.07) is 5.62. The number of rotatable bonds is 8. The fraction of sp³-hybridized carbons (Fsp3) is 0.353. The molecule has 0 aliphatic heterocycles. The highest BCUT2D eigenvalue weighted by Gasteiger charge is 2.23. The number of Topliss-reactive ketones (excluding diaryl/α,β-unsaturated/α-hetero) is 1. The number of aromatic nitrogens is 2. The number of hydrogen-bond donors (Lipinski definition) is 3. The number of carboxylic acid groups (broad SMARTS) is 1. The molecule has 0 bridgehead atoms. The predicted molar refractivity (Wildman–Crippen MR) is 87.1 cm³/mol. The maximum Gasteiger partial charge on any atom is 0.305 e. The second kappa shape index (κ2) is 7.83. The summed E-state index contributed by atoms with van der Waals surface area (Å²) in [6.07, 6.45) is 1.41. The third-order valence-corrected chi connectivity index (χ3v) is 3.85. The van der Waals surface area contributed by atoms with Crippen LogP contribution in [0.2, 0.25) is 0 Å². The Morgan fingerprint density at radius 1 is 1.33 bits per heavy atom. The van der Waals surface area contributed by atoms with Gasteiger partial charge in [0, 0.05) is 17.9 Å². The number of halogens is 1. The Labute approximate surface area is 139 Å². The standard InChI is InChI=1S/C17H20FN3O3/c1-10(7-15(22)13(19-2)8-16(23)24)17-20-9-14(21-17)11-5-3-4-6-12(11)18/h3-6,9-10,13,19H,7-8H2,1-2H3,(H,20,21)(H,23,24)/t10-,13+/m1/s1. The van der Waals surface area contributed by atoms with Gasteiger partial charge in [-0.1, -0.05) is 19.1 Å². The monoisotopic (exact) mass is 333 g/mol. The maximum absolute atomic E-state index is 13.8. The van der Waals surface area contributed by atoms with Crippen molar-refractivity contribution in [2.24, 2.45) is 0 Å². The van der Waals surface area contributed by atoms with Crippen LogP contribution in [0.5, 0.6) is 0 Å². The summed E-state index contributed by atoms with van der Waals surface area (Å²) in [4.78, 5) is 30.2. The second-order valence-electron chi connectivity index (χ2n) is 5.67. The second-order valence-corrected chi connectivity index (χ2v) is 5.67. The molecule has 0 unspecified atom stereocenters. The summed E-state index contributed by atoms with van der Waals surface area (Å²) < 4.78 is 13.8. The predicted octanol–water partition coefficient (Wildman–Crippen LogP) is 2.34. The zero-order chi connectivity index (χ0) is 17.7. The van der Waals surface area contributed by atoms with Crippen LogP contribution in [-0.2, 0) is 9.59 Å². The Bertz CT molecular complexity index is 729. The third kappa shape index (κ3) is 4.26. The highest BCUT2D eigenvalue weighted by Crippen LogP contribution is 2.24. The molecule has 1 heterocycles. The van der Waals surface area contributed by atoms with Crippen LogP contribution in [0.1, 0.15) is 31.5 Å². The van der Waals surface area contributed by atoms with Gasteiger partial charge in [-0.2, -0.15) is 0 Å². The molecule has 0 spiro atoms. The highest BCUT2D eigenvalue weighted by atomic mass is 19.1. The van der Waals surface area contributed by atoms with Crippen molar-refractivity contribution >= 4 is 11.8 Å². The molecule has 0 saturated heterocycles. The van der Waals surface area contributed by atoms with Crippen LogP contribution in [0, 0.1) is 5.82 Å². The van der Waals surface area contributed by atoms with Crippen LogP contribution in [0.4, 0.5) is 4.39 Å². The number of H-pyrrole nitrogens is 1. The van der Waals surface area contributed by atoms with E-state index in [0.29, 0.717) is 17.1 Å². The van der Waals surface area contributed by atoms with Crippen molar-refractivity contribution in [2.75, 3.05) is 7.05 Å². The van der Waals surface area contributed by atoms with Crippen LogP contribution in [0.15, 0.2) is 30.5 Å². The average Bonchev–Trinajstić information content (AvgIpc) is 3.02. The molecular weight excluding hydrogens is 313 g/mol. The molecule has 1 aromatic carbocycles. The topological polar surface area (TPSA) is 95.1 Å². The van der Waals surface area contributed by atoms with Crippen molar-refractivity contribution in [1.29, 1.82) is 0 Å². The molecule has 2 atom stereocenters. The molecule has 1 aromatic heterocycles.